The Labute approximate surface area is 173 Å². The van der Waals surface area contributed by atoms with Crippen LogP contribution >= 0.6 is 11.3 Å². The predicted molar refractivity (Wildman–Crippen MR) is 103 cm³/mol. The number of aromatic nitrogens is 2. The summed E-state index contributed by atoms with van der Waals surface area (Å²) in [6.07, 6.45) is -6.47. The summed E-state index contributed by atoms with van der Waals surface area (Å²) >= 11 is 0.873. The summed E-state index contributed by atoms with van der Waals surface area (Å²) in [5.74, 6) is -0.835. The second-order valence-corrected chi connectivity index (χ2v) is 8.19. The van der Waals surface area contributed by atoms with Crippen molar-refractivity contribution in [2.75, 3.05) is 25.5 Å². The molecule has 6 nitrogen and oxygen atoms in total. The van der Waals surface area contributed by atoms with Crippen LogP contribution in [0.25, 0.3) is 10.4 Å². The van der Waals surface area contributed by atoms with Crippen LogP contribution in [0.2, 0.25) is 0 Å². The summed E-state index contributed by atoms with van der Waals surface area (Å²) in [5.41, 5.74) is -1.10. The molecule has 0 saturated heterocycles. The third kappa shape index (κ3) is 5.42. The summed E-state index contributed by atoms with van der Waals surface area (Å²) in [6, 6.07) is 0.855. The number of nitrogens with zero attached hydrogens (tertiary/aromatic N) is 3. The Balaban J connectivity index is 2.41. The minimum atomic E-state index is -4.52. The lowest BCUT2D eigenvalue weighted by Crippen LogP contribution is -2.47. The minimum Gasteiger partial charge on any atom is -0.394 e. The van der Waals surface area contributed by atoms with Gasteiger partial charge in [0.25, 0.3) is 12.3 Å². The first kappa shape index (κ1) is 23.9. The van der Waals surface area contributed by atoms with E-state index in [-0.39, 0.29) is 27.9 Å². The first-order chi connectivity index (χ1) is 13.8. The van der Waals surface area contributed by atoms with Crippen LogP contribution in [0.15, 0.2) is 12.3 Å². The van der Waals surface area contributed by atoms with Crippen LogP contribution in [-0.2, 0) is 0 Å². The van der Waals surface area contributed by atoms with E-state index in [0.717, 1.165) is 23.6 Å². The van der Waals surface area contributed by atoms with E-state index in [9.17, 15) is 31.9 Å². The molecule has 30 heavy (non-hydrogen) atoms. The Hall–Kier alpha value is -2.34. The fraction of sp³-hybridized carbons (Fsp3) is 0.500. The average molecular weight is 452 g/mol. The number of anilines is 1. The number of aryl methyl sites for hydroxylation is 1. The number of pyridine rings is 1. The second kappa shape index (κ2) is 8.80. The number of hydrogen-bond acceptors (Lipinski definition) is 6. The normalized spacial score (nSPS) is 12.4. The Kier molecular flexibility index (Phi) is 7.02. The van der Waals surface area contributed by atoms with Crippen molar-refractivity contribution in [3.8, 4) is 10.4 Å². The van der Waals surface area contributed by atoms with Gasteiger partial charge in [-0.25, -0.2) is 18.7 Å². The Morgan fingerprint density at radius 1 is 1.33 bits per heavy atom. The van der Waals surface area contributed by atoms with Gasteiger partial charge >= 0.3 is 6.18 Å². The molecule has 1 amide bonds. The van der Waals surface area contributed by atoms with Crippen molar-refractivity contribution < 1.29 is 31.9 Å². The van der Waals surface area contributed by atoms with Gasteiger partial charge in [-0.2, -0.15) is 13.2 Å². The van der Waals surface area contributed by atoms with Gasteiger partial charge in [0, 0.05) is 24.4 Å². The maximum absolute atomic E-state index is 13.6. The minimum absolute atomic E-state index is 0.0133. The second-order valence-electron chi connectivity index (χ2n) is 7.19. The lowest BCUT2D eigenvalue weighted by molar-refractivity contribution is -0.115. The molecule has 0 spiro atoms. The van der Waals surface area contributed by atoms with E-state index in [2.05, 4.69) is 9.97 Å². The third-order valence-electron chi connectivity index (χ3n) is 4.46. The monoisotopic (exact) mass is 452 g/mol. The number of likely N-dealkylation sites (N-methyl/N-ethyl adjacent to an activating group) is 1. The number of carbonyl (C=O) groups is 1. The molecule has 2 rings (SSSR count). The average Bonchev–Trinajstić information content (AvgIpc) is 3.05. The highest BCUT2D eigenvalue weighted by Crippen LogP contribution is 2.38. The van der Waals surface area contributed by atoms with Gasteiger partial charge in [-0.1, -0.05) is 0 Å². The van der Waals surface area contributed by atoms with Gasteiger partial charge in [-0.15, -0.1) is 11.3 Å². The van der Waals surface area contributed by atoms with Gasteiger partial charge in [0.2, 0.25) is 0 Å². The van der Waals surface area contributed by atoms with Crippen LogP contribution in [0.1, 0.15) is 41.3 Å². The molecule has 0 saturated carbocycles. The number of aliphatic hydroxyl groups is 1. The first-order valence-electron chi connectivity index (χ1n) is 8.72. The Bertz CT molecular complexity index is 914. The van der Waals surface area contributed by atoms with Gasteiger partial charge in [-0.3, -0.25) is 4.79 Å². The van der Waals surface area contributed by atoms with E-state index in [0.29, 0.717) is 5.69 Å². The quantitative estimate of drug-likeness (QED) is 0.614. The molecule has 2 heterocycles. The molecule has 12 heteroatoms. The SMILES string of the molecule is Cc1nc(C(=O)N(C)C(C)(C)CO)sc1-c1cnc(NCC(F)(F)F)cc1C(F)F. The van der Waals surface area contributed by atoms with Gasteiger partial charge in [0.1, 0.15) is 12.4 Å². The summed E-state index contributed by atoms with van der Waals surface area (Å²) in [6.45, 7) is 3.13. The van der Waals surface area contributed by atoms with E-state index in [4.69, 9.17) is 0 Å². The van der Waals surface area contributed by atoms with Crippen molar-refractivity contribution in [1.82, 2.24) is 14.9 Å². The first-order valence-corrected chi connectivity index (χ1v) is 9.54. The molecule has 2 aromatic heterocycles. The zero-order valence-electron chi connectivity index (χ0n) is 16.6. The highest BCUT2D eigenvalue weighted by atomic mass is 32.1. The summed E-state index contributed by atoms with van der Waals surface area (Å²) in [7, 11) is 1.49. The fourth-order valence-electron chi connectivity index (χ4n) is 2.39. The summed E-state index contributed by atoms with van der Waals surface area (Å²) < 4.78 is 64.3. The number of carbonyl (C=O) groups excluding carboxylic acids is 1. The molecular formula is C18H21F5N4O2S. The molecule has 0 atom stereocenters. The maximum Gasteiger partial charge on any atom is 0.405 e. The van der Waals surface area contributed by atoms with Crippen molar-refractivity contribution in [2.24, 2.45) is 0 Å². The van der Waals surface area contributed by atoms with Crippen LogP contribution in [0.3, 0.4) is 0 Å². The Morgan fingerprint density at radius 3 is 2.50 bits per heavy atom. The number of amides is 1. The number of alkyl halides is 5. The van der Waals surface area contributed by atoms with Crippen molar-refractivity contribution in [3.63, 3.8) is 0 Å². The van der Waals surface area contributed by atoms with Crippen LogP contribution in [0, 0.1) is 6.92 Å². The predicted octanol–water partition coefficient (Wildman–Crippen LogP) is 4.27. The van der Waals surface area contributed by atoms with Crippen LogP contribution in [-0.4, -0.2) is 57.8 Å². The largest absolute Gasteiger partial charge is 0.405 e. The molecule has 0 aliphatic heterocycles. The number of rotatable bonds is 7. The van der Waals surface area contributed by atoms with E-state index in [1.165, 1.54) is 18.9 Å². The van der Waals surface area contributed by atoms with Crippen LogP contribution in [0.5, 0.6) is 0 Å². The fourth-order valence-corrected chi connectivity index (χ4v) is 3.46. The number of aliphatic hydroxyl groups excluding tert-OH is 1. The molecule has 0 bridgehead atoms. The van der Waals surface area contributed by atoms with Crippen molar-refractivity contribution >= 4 is 23.1 Å². The number of nitrogens with one attached hydrogen (secondary N) is 1. The molecule has 0 aliphatic carbocycles. The zero-order valence-corrected chi connectivity index (χ0v) is 17.5. The van der Waals surface area contributed by atoms with Crippen molar-refractivity contribution in [1.29, 1.82) is 0 Å². The van der Waals surface area contributed by atoms with E-state index < -0.39 is 36.2 Å². The van der Waals surface area contributed by atoms with Crippen molar-refractivity contribution in [2.45, 2.75) is 38.9 Å². The summed E-state index contributed by atoms with van der Waals surface area (Å²) in [5, 5.41) is 11.4. The molecule has 2 aromatic rings. The standard InChI is InChI=1S/C18H21F5N4O2S/c1-9-13(30-15(26-9)16(29)27(4)17(2,3)8-28)11-6-24-12(5-10(11)14(19)20)25-7-18(21,22)23/h5-6,14,28H,7-8H2,1-4H3,(H,24,25). The lowest BCUT2D eigenvalue weighted by Gasteiger charge is -2.33. The topological polar surface area (TPSA) is 78.4 Å². The maximum atomic E-state index is 13.6. The number of thiazole rings is 1. The van der Waals surface area contributed by atoms with E-state index >= 15 is 0 Å². The third-order valence-corrected chi connectivity index (χ3v) is 5.64. The summed E-state index contributed by atoms with van der Waals surface area (Å²) in [4.78, 5) is 22.2. The van der Waals surface area contributed by atoms with Crippen molar-refractivity contribution in [3.05, 3.63) is 28.5 Å². The molecule has 166 valence electrons. The number of halogens is 5. The van der Waals surface area contributed by atoms with Gasteiger partial charge in [-0.05, 0) is 26.8 Å². The highest BCUT2D eigenvalue weighted by molar-refractivity contribution is 7.17. The van der Waals surface area contributed by atoms with Gasteiger partial charge in [0.15, 0.2) is 5.01 Å². The smallest absolute Gasteiger partial charge is 0.394 e. The zero-order chi connectivity index (χ0) is 22.9. The van der Waals surface area contributed by atoms with Gasteiger partial charge in [0.05, 0.1) is 22.7 Å². The molecule has 0 aromatic carbocycles. The molecule has 0 unspecified atom stereocenters. The molecule has 0 fully saturated rings. The molecule has 2 N–H and O–H groups in total. The van der Waals surface area contributed by atoms with Crippen LogP contribution < -0.4 is 5.32 Å². The lowest BCUT2D eigenvalue weighted by atomic mass is 10.1. The van der Waals surface area contributed by atoms with Gasteiger partial charge < -0.3 is 15.3 Å². The molecular weight excluding hydrogens is 431 g/mol. The molecule has 0 radical (unpaired) electrons. The Morgan fingerprint density at radius 2 is 1.97 bits per heavy atom. The van der Waals surface area contributed by atoms with E-state index in [1.54, 1.807) is 13.8 Å². The highest BCUT2D eigenvalue weighted by Gasteiger charge is 2.31. The van der Waals surface area contributed by atoms with Crippen LogP contribution in [0.4, 0.5) is 27.8 Å². The number of hydrogen-bond donors (Lipinski definition) is 2. The van der Waals surface area contributed by atoms with E-state index in [1.807, 2.05) is 5.32 Å². The molecule has 0 aliphatic rings.